The van der Waals surface area contributed by atoms with Crippen LogP contribution in [0.1, 0.15) is 65.7 Å². The van der Waals surface area contributed by atoms with Gasteiger partial charge < -0.3 is 58.0 Å². The van der Waals surface area contributed by atoms with Gasteiger partial charge in [0.15, 0.2) is 24.4 Å². The van der Waals surface area contributed by atoms with Crippen LogP contribution in [0.3, 0.4) is 0 Å². The molecule has 326 valence electrons. The molecule has 2 heterocycles. The lowest BCUT2D eigenvalue weighted by Gasteiger charge is -2.45. The molecule has 2 saturated heterocycles. The highest BCUT2D eigenvalue weighted by molar-refractivity contribution is 6.01. The molecular formula is C39H46N2O19. The highest BCUT2D eigenvalue weighted by atomic mass is 16.7. The molecule has 0 bridgehead atoms. The Labute approximate surface area is 342 Å². The van der Waals surface area contributed by atoms with Crippen molar-refractivity contribution in [1.82, 2.24) is 10.6 Å². The third kappa shape index (κ3) is 12.3. The van der Waals surface area contributed by atoms with E-state index in [-0.39, 0.29) is 16.7 Å². The van der Waals surface area contributed by atoms with Crippen LogP contribution in [0.2, 0.25) is 0 Å². The molecule has 0 saturated carbocycles. The van der Waals surface area contributed by atoms with Gasteiger partial charge in [-0.05, 0) is 11.5 Å². The number of hydrogen-bond acceptors (Lipinski definition) is 19. The summed E-state index contributed by atoms with van der Waals surface area (Å²) in [7, 11) is 0. The van der Waals surface area contributed by atoms with Gasteiger partial charge in [-0.3, -0.25) is 38.4 Å². The van der Waals surface area contributed by atoms with E-state index in [0.29, 0.717) is 5.39 Å². The minimum atomic E-state index is -1.82. The standard InChI is InChI=1S/C39H46N2O19/c1-17(42)40-30-35(55-23(7)48)33(53-21(5)46)28(15-51-19(3)44)57-38(30)59-32-26-12-10-9-11-25(26)13-14-27(32)37(50)60-39-31(41-18(2)43)36(56-24(8)49)34(54-22(6)47)29(58-39)16-52-20(4)45/h9-14,28-31,33-36,38-39H,15-16H2,1-8H3,(H,40,42)(H,41,43)/t28-,29-,30-,31-,33+,34+,35-,36+,38-,39-/m0/s1. The monoisotopic (exact) mass is 846 g/mol. The van der Waals surface area contributed by atoms with Gasteiger partial charge >= 0.3 is 41.8 Å². The number of benzene rings is 2. The minimum absolute atomic E-state index is 0.227. The number of nitrogens with one attached hydrogen (secondary N) is 2. The van der Waals surface area contributed by atoms with Crippen LogP contribution in [0.5, 0.6) is 5.75 Å². The van der Waals surface area contributed by atoms with Gasteiger partial charge in [-0.15, -0.1) is 0 Å². The molecule has 2 aliphatic rings. The first kappa shape index (κ1) is 46.3. The average Bonchev–Trinajstić information content (AvgIpc) is 3.13. The highest BCUT2D eigenvalue weighted by Gasteiger charge is 2.54. The lowest BCUT2D eigenvalue weighted by atomic mass is 9.95. The number of carbonyl (C=O) groups excluding carboxylic acids is 9. The van der Waals surface area contributed by atoms with E-state index in [2.05, 4.69) is 10.6 Å². The molecule has 2 aromatic rings. The van der Waals surface area contributed by atoms with Crippen molar-refractivity contribution in [3.8, 4) is 5.75 Å². The fourth-order valence-electron chi connectivity index (χ4n) is 6.60. The van der Waals surface area contributed by atoms with E-state index in [1.54, 1.807) is 30.3 Å². The zero-order valence-corrected chi connectivity index (χ0v) is 33.9. The zero-order valence-electron chi connectivity index (χ0n) is 33.9. The van der Waals surface area contributed by atoms with E-state index in [1.807, 2.05) is 0 Å². The van der Waals surface area contributed by atoms with E-state index in [1.165, 1.54) is 6.07 Å². The van der Waals surface area contributed by atoms with Crippen molar-refractivity contribution in [3.05, 3.63) is 42.0 Å². The first-order chi connectivity index (χ1) is 28.2. The molecule has 2 aliphatic heterocycles. The third-order valence-electron chi connectivity index (χ3n) is 8.70. The van der Waals surface area contributed by atoms with Gasteiger partial charge in [0.25, 0.3) is 0 Å². The Morgan fingerprint density at radius 3 is 1.40 bits per heavy atom. The summed E-state index contributed by atoms with van der Waals surface area (Å²) in [4.78, 5) is 113. The Morgan fingerprint density at radius 1 is 0.517 bits per heavy atom. The molecule has 0 unspecified atom stereocenters. The molecule has 0 aliphatic carbocycles. The Morgan fingerprint density at radius 2 is 0.950 bits per heavy atom. The van der Waals surface area contributed by atoms with Crippen molar-refractivity contribution in [3.63, 3.8) is 0 Å². The Kier molecular flexibility index (Phi) is 15.9. The number of hydrogen-bond donors (Lipinski definition) is 2. The molecule has 0 radical (unpaired) electrons. The van der Waals surface area contributed by atoms with Crippen LogP contribution in [-0.4, -0.2) is 128 Å². The van der Waals surface area contributed by atoms with Crippen molar-refractivity contribution in [1.29, 1.82) is 0 Å². The summed E-state index contributed by atoms with van der Waals surface area (Å²) < 4.78 is 56.7. The molecule has 2 aromatic carbocycles. The fraction of sp³-hybridized carbons (Fsp3) is 0.513. The molecule has 60 heavy (non-hydrogen) atoms. The summed E-state index contributed by atoms with van der Waals surface area (Å²) in [6.45, 7) is 7.61. The summed E-state index contributed by atoms with van der Waals surface area (Å²) in [6.07, 6.45) is -12.3. The molecular weight excluding hydrogens is 800 g/mol. The molecule has 21 nitrogen and oxygen atoms in total. The number of ether oxygens (including phenoxy) is 10. The van der Waals surface area contributed by atoms with E-state index in [9.17, 15) is 43.2 Å². The molecule has 4 rings (SSSR count). The fourth-order valence-corrected chi connectivity index (χ4v) is 6.60. The number of rotatable bonds is 14. The molecule has 0 spiro atoms. The van der Waals surface area contributed by atoms with Crippen molar-refractivity contribution >= 4 is 64.4 Å². The van der Waals surface area contributed by atoms with E-state index in [0.717, 1.165) is 55.4 Å². The van der Waals surface area contributed by atoms with Crippen LogP contribution in [0.15, 0.2) is 36.4 Å². The second-order valence-corrected chi connectivity index (χ2v) is 13.6. The second-order valence-electron chi connectivity index (χ2n) is 13.6. The van der Waals surface area contributed by atoms with E-state index in [4.69, 9.17) is 47.4 Å². The predicted molar refractivity (Wildman–Crippen MR) is 198 cm³/mol. The van der Waals surface area contributed by atoms with Gasteiger partial charge in [0.05, 0.1) is 0 Å². The first-order valence-corrected chi connectivity index (χ1v) is 18.5. The number of esters is 7. The Hall–Kier alpha value is -6.35. The molecule has 21 heteroatoms. The maximum absolute atomic E-state index is 14.4. The van der Waals surface area contributed by atoms with Gasteiger partial charge in [0.2, 0.25) is 24.4 Å². The van der Waals surface area contributed by atoms with Crippen molar-refractivity contribution < 1.29 is 90.5 Å². The van der Waals surface area contributed by atoms with Crippen LogP contribution >= 0.6 is 0 Å². The topological polar surface area (TPSA) is 270 Å². The summed E-state index contributed by atoms with van der Waals surface area (Å²) in [5.74, 6) is -7.68. The van der Waals surface area contributed by atoms with Crippen LogP contribution in [0, 0.1) is 0 Å². The molecule has 2 fully saturated rings. The maximum Gasteiger partial charge on any atom is 0.344 e. The summed E-state index contributed by atoms with van der Waals surface area (Å²) >= 11 is 0. The Bertz CT molecular complexity index is 1980. The van der Waals surface area contributed by atoms with Crippen LogP contribution in [-0.2, 0) is 81.0 Å². The highest BCUT2D eigenvalue weighted by Crippen LogP contribution is 2.36. The van der Waals surface area contributed by atoms with Gasteiger partial charge in [-0.2, -0.15) is 0 Å². The molecule has 2 amide bonds. The quantitative estimate of drug-likeness (QED) is 0.196. The minimum Gasteiger partial charge on any atom is -0.463 e. The smallest absolute Gasteiger partial charge is 0.344 e. The van der Waals surface area contributed by atoms with Crippen LogP contribution in [0.4, 0.5) is 0 Å². The lowest BCUT2D eigenvalue weighted by molar-refractivity contribution is -0.264. The average molecular weight is 847 g/mol. The van der Waals surface area contributed by atoms with Crippen molar-refractivity contribution in [2.45, 2.75) is 117 Å². The van der Waals surface area contributed by atoms with Crippen molar-refractivity contribution in [2.24, 2.45) is 0 Å². The number of amides is 2. The van der Waals surface area contributed by atoms with E-state index < -0.39 is 128 Å². The van der Waals surface area contributed by atoms with Gasteiger partial charge in [0, 0.05) is 60.8 Å². The maximum atomic E-state index is 14.4. The lowest BCUT2D eigenvalue weighted by Crippen LogP contribution is -2.67. The summed E-state index contributed by atoms with van der Waals surface area (Å²) in [5.41, 5.74) is -0.311. The molecule has 2 N–H and O–H groups in total. The van der Waals surface area contributed by atoms with Crippen molar-refractivity contribution in [2.75, 3.05) is 13.2 Å². The second kappa shape index (κ2) is 20.6. The molecule has 0 aromatic heterocycles. The van der Waals surface area contributed by atoms with Gasteiger partial charge in [-0.1, -0.05) is 30.3 Å². The zero-order chi connectivity index (χ0) is 44.4. The first-order valence-electron chi connectivity index (χ1n) is 18.5. The summed E-state index contributed by atoms with van der Waals surface area (Å²) in [5, 5.41) is 5.90. The predicted octanol–water partition coefficient (Wildman–Crippen LogP) is 0.688. The van der Waals surface area contributed by atoms with Crippen LogP contribution < -0.4 is 15.4 Å². The number of carbonyl (C=O) groups is 9. The van der Waals surface area contributed by atoms with Gasteiger partial charge in [0.1, 0.15) is 48.8 Å². The number of fused-ring (bicyclic) bond motifs is 1. The Balaban J connectivity index is 1.85. The van der Waals surface area contributed by atoms with E-state index >= 15 is 0 Å². The largest absolute Gasteiger partial charge is 0.463 e. The normalized spacial score (nSPS) is 25.9. The summed E-state index contributed by atoms with van der Waals surface area (Å²) in [6, 6.07) is 6.47. The third-order valence-corrected chi connectivity index (χ3v) is 8.70. The van der Waals surface area contributed by atoms with Gasteiger partial charge in [-0.25, -0.2) is 4.79 Å². The molecule has 10 atom stereocenters. The van der Waals surface area contributed by atoms with Crippen LogP contribution in [0.25, 0.3) is 10.8 Å². The SMILES string of the molecule is CC(=O)N[C@@H]1[C@H](OC(=O)c2ccc3ccccc3c2O[C@@H]2O[C@@H](COC(C)=O)[C@@H](OC(C)=O)[C@@H](OC(C)=O)[C@@H]2NC(C)=O)O[C@@H](COC(C)=O)[C@@H](OC(C)=O)[C@@H]1OC(C)=O.